The Kier molecular flexibility index (Phi) is 4.04. The lowest BCUT2D eigenvalue weighted by atomic mass is 9.93. The third-order valence-electron chi connectivity index (χ3n) is 5.21. The van der Waals surface area contributed by atoms with Gasteiger partial charge in [-0.2, -0.15) is 0 Å². The van der Waals surface area contributed by atoms with Crippen LogP contribution in [0.3, 0.4) is 0 Å². The zero-order valence-corrected chi connectivity index (χ0v) is 14.3. The van der Waals surface area contributed by atoms with Crippen LogP contribution in [0.15, 0.2) is 54.7 Å². The summed E-state index contributed by atoms with van der Waals surface area (Å²) < 4.78 is 15.7. The summed E-state index contributed by atoms with van der Waals surface area (Å²) in [7, 11) is 0. The molecule has 0 saturated heterocycles. The lowest BCUT2D eigenvalue weighted by Gasteiger charge is -2.35. The topological polar surface area (TPSA) is 25.2 Å². The lowest BCUT2D eigenvalue weighted by molar-refractivity contribution is -0.134. The number of aromatic nitrogens is 1. The maximum absolute atomic E-state index is 13.6. The molecule has 0 N–H and O–H groups in total. The molecule has 4 heteroatoms. The van der Waals surface area contributed by atoms with E-state index in [1.165, 1.54) is 11.5 Å². The fourth-order valence-corrected chi connectivity index (χ4v) is 3.82. The number of para-hydroxylation sites is 1. The molecular formula is C21H21FN2O. The summed E-state index contributed by atoms with van der Waals surface area (Å²) in [5, 5.41) is 1.19. The fraction of sp³-hybridized carbons (Fsp3) is 0.286. The van der Waals surface area contributed by atoms with E-state index >= 15 is 0 Å². The number of rotatable bonds is 3. The minimum atomic E-state index is -0.237. The van der Waals surface area contributed by atoms with Crippen molar-refractivity contribution in [3.8, 4) is 0 Å². The number of fused-ring (bicyclic) bond motifs is 2. The number of nitrogens with zero attached hydrogens (tertiary/aromatic N) is 2. The molecule has 0 fully saturated rings. The highest BCUT2D eigenvalue weighted by atomic mass is 19.1. The SMILES string of the molecule is CC1c2cc(F)ccc2CCN1C(=O)CCn1ccc2ccccc21. The average Bonchev–Trinajstić information content (AvgIpc) is 3.04. The second-order valence-corrected chi connectivity index (χ2v) is 6.67. The van der Waals surface area contributed by atoms with Crippen LogP contribution in [0.5, 0.6) is 0 Å². The normalized spacial score (nSPS) is 16.9. The number of aryl methyl sites for hydroxylation is 1. The number of carbonyl (C=O) groups is 1. The average molecular weight is 336 g/mol. The number of hydrogen-bond donors (Lipinski definition) is 0. The smallest absolute Gasteiger partial charge is 0.224 e. The zero-order chi connectivity index (χ0) is 17.4. The van der Waals surface area contributed by atoms with Gasteiger partial charge in [-0.15, -0.1) is 0 Å². The molecule has 0 spiro atoms. The summed E-state index contributed by atoms with van der Waals surface area (Å²) in [6.45, 7) is 3.34. The van der Waals surface area contributed by atoms with Gasteiger partial charge in [-0.3, -0.25) is 4.79 Å². The third kappa shape index (κ3) is 2.93. The number of amides is 1. The van der Waals surface area contributed by atoms with Gasteiger partial charge in [0.2, 0.25) is 5.91 Å². The maximum Gasteiger partial charge on any atom is 0.224 e. The van der Waals surface area contributed by atoms with Crippen LogP contribution in [0.1, 0.15) is 30.5 Å². The van der Waals surface area contributed by atoms with Gasteiger partial charge in [-0.1, -0.05) is 24.3 Å². The van der Waals surface area contributed by atoms with E-state index in [9.17, 15) is 9.18 Å². The Labute approximate surface area is 146 Å². The summed E-state index contributed by atoms with van der Waals surface area (Å²) in [5.41, 5.74) is 3.23. The van der Waals surface area contributed by atoms with E-state index in [4.69, 9.17) is 0 Å². The van der Waals surface area contributed by atoms with E-state index in [2.05, 4.69) is 22.8 Å². The van der Waals surface area contributed by atoms with Gasteiger partial charge in [0.05, 0.1) is 6.04 Å². The van der Waals surface area contributed by atoms with Crippen LogP contribution >= 0.6 is 0 Å². The van der Waals surface area contributed by atoms with E-state index in [1.807, 2.05) is 36.2 Å². The first-order valence-electron chi connectivity index (χ1n) is 8.75. The second-order valence-electron chi connectivity index (χ2n) is 6.67. The number of benzene rings is 2. The first-order chi connectivity index (χ1) is 12.1. The highest BCUT2D eigenvalue weighted by molar-refractivity contribution is 5.81. The largest absolute Gasteiger partial charge is 0.347 e. The minimum Gasteiger partial charge on any atom is -0.347 e. The van der Waals surface area contributed by atoms with Crippen LogP contribution in [0.25, 0.3) is 10.9 Å². The molecule has 3 nitrogen and oxygen atoms in total. The van der Waals surface area contributed by atoms with Crippen LogP contribution in [0, 0.1) is 5.82 Å². The molecule has 1 aliphatic rings. The first kappa shape index (κ1) is 15.9. The van der Waals surface area contributed by atoms with Crippen molar-refractivity contribution in [1.29, 1.82) is 0 Å². The number of halogens is 1. The van der Waals surface area contributed by atoms with Crippen LogP contribution in [0.4, 0.5) is 4.39 Å². The van der Waals surface area contributed by atoms with Crippen LogP contribution in [-0.4, -0.2) is 21.9 Å². The van der Waals surface area contributed by atoms with Crippen LogP contribution in [-0.2, 0) is 17.8 Å². The predicted octanol–water partition coefficient (Wildman–Crippen LogP) is 4.32. The Morgan fingerprint density at radius 3 is 2.92 bits per heavy atom. The molecule has 128 valence electrons. The summed E-state index contributed by atoms with van der Waals surface area (Å²) in [4.78, 5) is 14.6. The monoisotopic (exact) mass is 336 g/mol. The molecule has 1 unspecified atom stereocenters. The molecule has 0 radical (unpaired) electrons. The molecule has 3 aromatic rings. The lowest BCUT2D eigenvalue weighted by Crippen LogP contribution is -2.39. The number of hydrogen-bond acceptors (Lipinski definition) is 1. The second kappa shape index (κ2) is 6.36. The standard InChI is InChI=1S/C21H21FN2O/c1-15-19-14-18(22)7-6-16(19)9-13-24(15)21(25)10-12-23-11-8-17-4-2-3-5-20(17)23/h2-8,11,14-15H,9-10,12-13H2,1H3. The van der Waals surface area contributed by atoms with Gasteiger partial charge in [0, 0.05) is 31.2 Å². The fourth-order valence-electron chi connectivity index (χ4n) is 3.82. The van der Waals surface area contributed by atoms with E-state index in [1.54, 1.807) is 6.07 Å². The predicted molar refractivity (Wildman–Crippen MR) is 96.8 cm³/mol. The molecule has 4 rings (SSSR count). The Balaban J connectivity index is 1.48. The summed E-state index contributed by atoms with van der Waals surface area (Å²) in [5.74, 6) is -0.112. The Morgan fingerprint density at radius 1 is 1.20 bits per heavy atom. The Hall–Kier alpha value is -2.62. The van der Waals surface area contributed by atoms with Gasteiger partial charge in [0.1, 0.15) is 5.82 Å². The Morgan fingerprint density at radius 2 is 2.04 bits per heavy atom. The van der Waals surface area contributed by atoms with E-state index in [0.29, 0.717) is 19.5 Å². The number of carbonyl (C=O) groups excluding carboxylic acids is 1. The molecule has 2 aromatic carbocycles. The van der Waals surface area contributed by atoms with E-state index in [-0.39, 0.29) is 17.8 Å². The van der Waals surface area contributed by atoms with Gasteiger partial charge < -0.3 is 9.47 Å². The van der Waals surface area contributed by atoms with Crippen molar-refractivity contribution in [2.75, 3.05) is 6.54 Å². The van der Waals surface area contributed by atoms with Gasteiger partial charge in [0.25, 0.3) is 0 Å². The van der Waals surface area contributed by atoms with Gasteiger partial charge >= 0.3 is 0 Å². The highest BCUT2D eigenvalue weighted by Gasteiger charge is 2.27. The molecule has 1 amide bonds. The van der Waals surface area contributed by atoms with Crippen LogP contribution in [0.2, 0.25) is 0 Å². The molecule has 1 atom stereocenters. The van der Waals surface area contributed by atoms with Crippen molar-refractivity contribution in [2.45, 2.75) is 32.4 Å². The Bertz CT molecular complexity index is 931. The van der Waals surface area contributed by atoms with Gasteiger partial charge in [0.15, 0.2) is 0 Å². The van der Waals surface area contributed by atoms with Crippen molar-refractivity contribution in [1.82, 2.24) is 9.47 Å². The summed E-state index contributed by atoms with van der Waals surface area (Å²) >= 11 is 0. The van der Waals surface area contributed by atoms with Crippen molar-refractivity contribution < 1.29 is 9.18 Å². The van der Waals surface area contributed by atoms with Crippen molar-refractivity contribution in [3.63, 3.8) is 0 Å². The highest BCUT2D eigenvalue weighted by Crippen LogP contribution is 2.30. The molecule has 1 aromatic heterocycles. The quantitative estimate of drug-likeness (QED) is 0.699. The first-order valence-corrected chi connectivity index (χ1v) is 8.75. The molecular weight excluding hydrogens is 315 g/mol. The summed E-state index contributed by atoms with van der Waals surface area (Å²) in [6.07, 6.45) is 3.27. The van der Waals surface area contributed by atoms with Crippen molar-refractivity contribution in [2.24, 2.45) is 0 Å². The molecule has 0 aliphatic carbocycles. The van der Waals surface area contributed by atoms with Crippen LogP contribution < -0.4 is 0 Å². The molecule has 0 bridgehead atoms. The van der Waals surface area contributed by atoms with Crippen molar-refractivity contribution >= 4 is 16.8 Å². The summed E-state index contributed by atoms with van der Waals surface area (Å²) in [6, 6.07) is 15.1. The van der Waals surface area contributed by atoms with Gasteiger partial charge in [-0.05, 0) is 54.1 Å². The molecule has 0 saturated carbocycles. The molecule has 25 heavy (non-hydrogen) atoms. The molecule has 1 aliphatic heterocycles. The van der Waals surface area contributed by atoms with Crippen molar-refractivity contribution in [3.05, 3.63) is 71.7 Å². The zero-order valence-electron chi connectivity index (χ0n) is 14.3. The molecule has 2 heterocycles. The maximum atomic E-state index is 13.6. The van der Waals surface area contributed by atoms with E-state index in [0.717, 1.165) is 23.1 Å². The minimum absolute atomic E-state index is 0.0756. The van der Waals surface area contributed by atoms with E-state index < -0.39 is 0 Å². The third-order valence-corrected chi connectivity index (χ3v) is 5.21. The van der Waals surface area contributed by atoms with Gasteiger partial charge in [-0.25, -0.2) is 4.39 Å².